The number of benzene rings is 1. The zero-order chi connectivity index (χ0) is 19.9. The van der Waals surface area contributed by atoms with E-state index in [1.54, 1.807) is 0 Å². The Hall–Kier alpha value is -2.74. The summed E-state index contributed by atoms with van der Waals surface area (Å²) in [6.07, 6.45) is 1.95. The van der Waals surface area contributed by atoms with Crippen LogP contribution in [0.1, 0.15) is 19.5 Å². The van der Waals surface area contributed by atoms with Crippen molar-refractivity contribution in [2.75, 3.05) is 49.5 Å². The fourth-order valence-corrected chi connectivity index (χ4v) is 3.19. The van der Waals surface area contributed by atoms with Crippen LogP contribution in [0, 0.1) is 5.82 Å². The van der Waals surface area contributed by atoms with E-state index in [1.807, 2.05) is 43.0 Å². The van der Waals surface area contributed by atoms with E-state index in [-0.39, 0.29) is 11.7 Å². The first-order valence-electron chi connectivity index (χ1n) is 9.60. The van der Waals surface area contributed by atoms with Crippen LogP contribution in [0.3, 0.4) is 0 Å². The lowest BCUT2D eigenvalue weighted by Gasteiger charge is -2.35. The Morgan fingerprint density at radius 3 is 2.50 bits per heavy atom. The van der Waals surface area contributed by atoms with Gasteiger partial charge in [-0.25, -0.2) is 14.4 Å². The molecule has 1 N–H and O–H groups in total. The van der Waals surface area contributed by atoms with Gasteiger partial charge >= 0.3 is 0 Å². The number of aryl methyl sites for hydroxylation is 1. The minimum Gasteiger partial charge on any atom is -0.494 e. The van der Waals surface area contributed by atoms with Crippen LogP contribution < -0.4 is 15.0 Å². The molecule has 0 spiro atoms. The number of amides is 1. The molecule has 7 nitrogen and oxygen atoms in total. The number of halogens is 1. The van der Waals surface area contributed by atoms with Crippen LogP contribution in [0.5, 0.6) is 5.75 Å². The van der Waals surface area contributed by atoms with Crippen molar-refractivity contribution >= 4 is 17.4 Å². The lowest BCUT2D eigenvalue weighted by molar-refractivity contribution is -0.117. The molecule has 150 valence electrons. The average molecular weight is 387 g/mol. The Balaban J connectivity index is 1.49. The van der Waals surface area contributed by atoms with Crippen molar-refractivity contribution in [1.29, 1.82) is 0 Å². The molecule has 1 fully saturated rings. The van der Waals surface area contributed by atoms with Crippen LogP contribution in [0.25, 0.3) is 0 Å². The molecule has 1 aliphatic rings. The highest BCUT2D eigenvalue weighted by Crippen LogP contribution is 2.20. The number of nitrogens with zero attached hydrogens (tertiary/aromatic N) is 4. The highest BCUT2D eigenvalue weighted by Gasteiger charge is 2.23. The van der Waals surface area contributed by atoms with Crippen molar-refractivity contribution in [2.24, 2.45) is 0 Å². The summed E-state index contributed by atoms with van der Waals surface area (Å²) in [5, 5.41) is 2.90. The number of carbonyl (C=O) groups excluding carboxylic acids is 1. The van der Waals surface area contributed by atoms with Gasteiger partial charge in [0.2, 0.25) is 5.91 Å². The first-order chi connectivity index (χ1) is 13.6. The van der Waals surface area contributed by atoms with Crippen LogP contribution >= 0.6 is 0 Å². The van der Waals surface area contributed by atoms with E-state index in [0.717, 1.165) is 11.4 Å². The average Bonchev–Trinajstić information content (AvgIpc) is 2.70. The van der Waals surface area contributed by atoms with Crippen molar-refractivity contribution in [2.45, 2.75) is 20.3 Å². The molecule has 0 aliphatic carbocycles. The summed E-state index contributed by atoms with van der Waals surface area (Å²) in [7, 11) is 0. The Labute approximate surface area is 164 Å². The van der Waals surface area contributed by atoms with Gasteiger partial charge in [-0.1, -0.05) is 6.92 Å². The lowest BCUT2D eigenvalue weighted by Crippen LogP contribution is -2.49. The van der Waals surface area contributed by atoms with Crippen LogP contribution in [0.15, 0.2) is 30.6 Å². The Morgan fingerprint density at radius 1 is 1.14 bits per heavy atom. The zero-order valence-electron chi connectivity index (χ0n) is 16.3. The third-order valence-corrected chi connectivity index (χ3v) is 4.67. The third-order valence-electron chi connectivity index (χ3n) is 4.67. The molecule has 0 unspecified atom stereocenters. The van der Waals surface area contributed by atoms with Gasteiger partial charge in [0.15, 0.2) is 11.6 Å². The van der Waals surface area contributed by atoms with E-state index in [0.29, 0.717) is 57.3 Å². The molecule has 0 radical (unpaired) electrons. The zero-order valence-corrected chi connectivity index (χ0v) is 16.3. The number of ether oxygens (including phenoxy) is 1. The molecule has 0 saturated carbocycles. The van der Waals surface area contributed by atoms with Crippen molar-refractivity contribution in [3.8, 4) is 5.75 Å². The van der Waals surface area contributed by atoms with E-state index in [2.05, 4.69) is 20.2 Å². The van der Waals surface area contributed by atoms with Gasteiger partial charge < -0.3 is 15.0 Å². The van der Waals surface area contributed by atoms with Gasteiger partial charge in [-0.3, -0.25) is 9.69 Å². The standard InChI is InChI=1S/C20H26FN5O2/c1-3-17-19(21)20(23-14-22-17)26-11-9-25(10-12-26)13-18(27)24-15-5-7-16(8-6-15)28-4-2/h5-8,14H,3-4,9-13H2,1-2H3,(H,24,27). The van der Waals surface area contributed by atoms with Crippen molar-refractivity contribution in [3.05, 3.63) is 42.1 Å². The van der Waals surface area contributed by atoms with Crippen molar-refractivity contribution in [1.82, 2.24) is 14.9 Å². The molecular formula is C20H26FN5O2. The largest absolute Gasteiger partial charge is 0.494 e. The molecule has 1 aromatic carbocycles. The lowest BCUT2D eigenvalue weighted by atomic mass is 10.2. The predicted octanol–water partition coefficient (Wildman–Crippen LogP) is 2.34. The predicted molar refractivity (Wildman–Crippen MR) is 106 cm³/mol. The SMILES string of the molecule is CCOc1ccc(NC(=O)CN2CCN(c3ncnc(CC)c3F)CC2)cc1. The number of anilines is 2. The summed E-state index contributed by atoms with van der Waals surface area (Å²) >= 11 is 0. The number of hydrogen-bond acceptors (Lipinski definition) is 6. The maximum atomic E-state index is 14.4. The number of aromatic nitrogens is 2. The molecule has 2 heterocycles. The smallest absolute Gasteiger partial charge is 0.238 e. The summed E-state index contributed by atoms with van der Waals surface area (Å²) in [5.41, 5.74) is 1.17. The van der Waals surface area contributed by atoms with Crippen molar-refractivity contribution in [3.63, 3.8) is 0 Å². The molecule has 28 heavy (non-hydrogen) atoms. The first-order valence-corrected chi connectivity index (χ1v) is 9.60. The van der Waals surface area contributed by atoms with Gasteiger partial charge in [0.1, 0.15) is 12.1 Å². The fourth-order valence-electron chi connectivity index (χ4n) is 3.19. The second-order valence-corrected chi connectivity index (χ2v) is 6.58. The number of hydrogen-bond donors (Lipinski definition) is 1. The van der Waals surface area contributed by atoms with Crippen LogP contribution in [-0.4, -0.2) is 60.1 Å². The minimum absolute atomic E-state index is 0.0703. The quantitative estimate of drug-likeness (QED) is 0.786. The van der Waals surface area contributed by atoms with Crippen LogP contribution in [0.4, 0.5) is 15.9 Å². The van der Waals surface area contributed by atoms with Gasteiger partial charge in [-0.15, -0.1) is 0 Å². The molecule has 8 heteroatoms. The molecule has 3 rings (SSSR count). The van der Waals surface area contributed by atoms with E-state index >= 15 is 0 Å². The number of nitrogens with one attached hydrogen (secondary N) is 1. The summed E-state index contributed by atoms with van der Waals surface area (Å²) in [6, 6.07) is 7.31. The van der Waals surface area contributed by atoms with Gasteiger partial charge in [0.25, 0.3) is 0 Å². The summed E-state index contributed by atoms with van der Waals surface area (Å²) in [4.78, 5) is 24.4. The molecule has 1 aromatic heterocycles. The second kappa shape index (κ2) is 9.45. The summed E-state index contributed by atoms with van der Waals surface area (Å²) < 4.78 is 19.8. The molecule has 0 atom stereocenters. The van der Waals surface area contributed by atoms with Gasteiger partial charge in [0.05, 0.1) is 18.8 Å². The van der Waals surface area contributed by atoms with Gasteiger partial charge in [0, 0.05) is 31.9 Å². The van der Waals surface area contributed by atoms with Crippen LogP contribution in [0.2, 0.25) is 0 Å². The Kier molecular flexibility index (Phi) is 6.76. The van der Waals surface area contributed by atoms with Gasteiger partial charge in [-0.05, 0) is 37.6 Å². The molecule has 2 aromatic rings. The maximum absolute atomic E-state index is 14.4. The van der Waals surface area contributed by atoms with Crippen molar-refractivity contribution < 1.29 is 13.9 Å². The highest BCUT2D eigenvalue weighted by molar-refractivity contribution is 5.92. The summed E-state index contributed by atoms with van der Waals surface area (Å²) in [5.74, 6) is 0.718. The van der Waals surface area contributed by atoms with Gasteiger partial charge in [-0.2, -0.15) is 0 Å². The van der Waals surface area contributed by atoms with E-state index in [9.17, 15) is 9.18 Å². The highest BCUT2D eigenvalue weighted by atomic mass is 19.1. The second-order valence-electron chi connectivity index (χ2n) is 6.58. The van der Waals surface area contributed by atoms with E-state index in [4.69, 9.17) is 4.74 Å². The Bertz CT molecular complexity index is 792. The van der Waals surface area contributed by atoms with E-state index < -0.39 is 0 Å². The molecule has 1 saturated heterocycles. The Morgan fingerprint density at radius 2 is 1.86 bits per heavy atom. The van der Waals surface area contributed by atoms with Crippen LogP contribution in [-0.2, 0) is 11.2 Å². The topological polar surface area (TPSA) is 70.6 Å². The molecular weight excluding hydrogens is 361 g/mol. The minimum atomic E-state index is -0.341. The fraction of sp³-hybridized carbons (Fsp3) is 0.450. The third kappa shape index (κ3) is 4.95. The first kappa shape index (κ1) is 20.0. The normalized spacial score (nSPS) is 14.8. The maximum Gasteiger partial charge on any atom is 0.238 e. The number of rotatable bonds is 7. The molecule has 1 aliphatic heterocycles. The van der Waals surface area contributed by atoms with E-state index in [1.165, 1.54) is 6.33 Å². The monoisotopic (exact) mass is 387 g/mol. The number of carbonyl (C=O) groups is 1. The number of piperazine rings is 1. The summed E-state index contributed by atoms with van der Waals surface area (Å²) in [6.45, 7) is 7.28. The molecule has 0 bridgehead atoms. The molecule has 1 amide bonds.